The number of hydrogen-bond donors (Lipinski definition) is 0. The topological polar surface area (TPSA) is 13.1 Å². The lowest BCUT2D eigenvalue weighted by Crippen LogP contribution is -1.91. The highest BCUT2D eigenvalue weighted by molar-refractivity contribution is 6.22. The van der Waals surface area contributed by atoms with Gasteiger partial charge in [-0.25, -0.2) is 0 Å². The van der Waals surface area contributed by atoms with Crippen LogP contribution in [-0.4, -0.2) is 0 Å². The van der Waals surface area contributed by atoms with E-state index < -0.39 is 6.04 Å². The molecule has 0 spiro atoms. The highest BCUT2D eigenvalue weighted by Crippen LogP contribution is 2.45. The lowest BCUT2D eigenvalue weighted by atomic mass is 9.85. The number of furan rings is 1. The van der Waals surface area contributed by atoms with Crippen LogP contribution in [0.25, 0.3) is 98.8 Å². The monoisotopic (exact) mass is 628 g/mol. The molecule has 1 heteroatoms. The fourth-order valence-corrected chi connectivity index (χ4v) is 7.45. The van der Waals surface area contributed by atoms with Crippen LogP contribution < -0.4 is 0 Å². The molecule has 0 fully saturated rings. The zero-order chi connectivity index (χ0) is 37.5. The first-order chi connectivity index (χ1) is 26.8. The van der Waals surface area contributed by atoms with Crippen molar-refractivity contribution in [3.63, 3.8) is 0 Å². The Morgan fingerprint density at radius 2 is 0.959 bits per heavy atom. The molecule has 0 saturated heterocycles. The molecule has 0 aliphatic rings. The van der Waals surface area contributed by atoms with E-state index in [1.807, 2.05) is 24.3 Å². The van der Waals surface area contributed by atoms with Gasteiger partial charge in [-0.3, -0.25) is 0 Å². The number of benzene rings is 9. The maximum Gasteiger partial charge on any atom is 0.143 e. The Hall–Kier alpha value is -6.44. The summed E-state index contributed by atoms with van der Waals surface area (Å²) in [5, 5.41) is 5.91. The molecule has 10 aromatic rings. The van der Waals surface area contributed by atoms with Gasteiger partial charge in [-0.1, -0.05) is 170 Å². The highest BCUT2D eigenvalue weighted by Gasteiger charge is 2.18. The minimum Gasteiger partial charge on any atom is -0.455 e. The standard InChI is InChI=1S/C48H30O/c1-2-12-31(13-3-1)35-15-10-16-36(30-35)46-41-20-8-6-18-39(41)45(40-19-7-9-21-42(40)46)34-26-24-33(25-27-34)38-22-11-23-43-47-37-17-5-4-14-32(37)28-29-44(47)49-48(38)43/h1-30H/i4D,5D,14D,17D,28D,29D. The smallest absolute Gasteiger partial charge is 0.143 e. The third kappa shape index (κ3) is 4.40. The van der Waals surface area contributed by atoms with Gasteiger partial charge in [-0.05, 0) is 83.4 Å². The van der Waals surface area contributed by atoms with Gasteiger partial charge in [0, 0.05) is 16.3 Å². The molecule has 9 aromatic carbocycles. The fraction of sp³-hybridized carbons (Fsp3) is 0. The molecule has 228 valence electrons. The van der Waals surface area contributed by atoms with Gasteiger partial charge < -0.3 is 4.42 Å². The van der Waals surface area contributed by atoms with Crippen molar-refractivity contribution in [1.82, 2.24) is 0 Å². The molecular weight excluding hydrogens is 593 g/mol. The van der Waals surface area contributed by atoms with E-state index in [0.717, 1.165) is 38.6 Å². The van der Waals surface area contributed by atoms with E-state index in [2.05, 4.69) is 121 Å². The Kier molecular flexibility index (Phi) is 5.02. The summed E-state index contributed by atoms with van der Waals surface area (Å²) in [6.07, 6.45) is 0. The fourth-order valence-electron chi connectivity index (χ4n) is 7.45. The normalized spacial score (nSPS) is 13.4. The van der Waals surface area contributed by atoms with Crippen molar-refractivity contribution in [3.05, 3.63) is 182 Å². The minimum atomic E-state index is -0.425. The van der Waals surface area contributed by atoms with Crippen molar-refractivity contribution in [2.24, 2.45) is 0 Å². The van der Waals surface area contributed by atoms with Crippen LogP contribution in [0.5, 0.6) is 0 Å². The van der Waals surface area contributed by atoms with Crippen LogP contribution in [0.4, 0.5) is 0 Å². The summed E-state index contributed by atoms with van der Waals surface area (Å²) in [6, 6.07) is 48.6. The van der Waals surface area contributed by atoms with E-state index >= 15 is 0 Å². The van der Waals surface area contributed by atoms with Gasteiger partial charge in [-0.2, -0.15) is 0 Å². The summed E-state index contributed by atoms with van der Waals surface area (Å²) in [4.78, 5) is 0. The molecule has 0 radical (unpaired) electrons. The van der Waals surface area contributed by atoms with Crippen molar-refractivity contribution in [1.29, 1.82) is 0 Å². The van der Waals surface area contributed by atoms with E-state index in [-0.39, 0.29) is 46.6 Å². The molecule has 1 heterocycles. The van der Waals surface area contributed by atoms with Gasteiger partial charge in [0.15, 0.2) is 0 Å². The van der Waals surface area contributed by atoms with Crippen LogP contribution in [0.1, 0.15) is 8.22 Å². The molecule has 0 bridgehead atoms. The highest BCUT2D eigenvalue weighted by atomic mass is 16.3. The van der Waals surface area contributed by atoms with Crippen LogP contribution >= 0.6 is 0 Å². The summed E-state index contributed by atoms with van der Waals surface area (Å²) in [6.45, 7) is 0. The van der Waals surface area contributed by atoms with Gasteiger partial charge in [0.1, 0.15) is 11.2 Å². The number of para-hydroxylation sites is 1. The Morgan fingerprint density at radius 1 is 0.388 bits per heavy atom. The quantitative estimate of drug-likeness (QED) is 0.177. The first-order valence-electron chi connectivity index (χ1n) is 19.4. The summed E-state index contributed by atoms with van der Waals surface area (Å²) in [7, 11) is 0. The summed E-state index contributed by atoms with van der Waals surface area (Å²) >= 11 is 0. The van der Waals surface area contributed by atoms with Gasteiger partial charge in [-0.15, -0.1) is 0 Å². The van der Waals surface area contributed by atoms with E-state index in [1.165, 1.54) is 27.5 Å². The molecular formula is C48H30O. The molecule has 0 saturated carbocycles. The predicted octanol–water partition coefficient (Wildman–Crippen LogP) is 13.7. The van der Waals surface area contributed by atoms with Crippen LogP contribution in [-0.2, 0) is 0 Å². The second-order valence-corrected chi connectivity index (χ2v) is 12.4. The Bertz CT molecular complexity index is 3150. The first-order valence-corrected chi connectivity index (χ1v) is 16.4. The molecule has 1 nitrogen and oxygen atoms in total. The average molecular weight is 629 g/mol. The third-order valence-electron chi connectivity index (χ3n) is 9.63. The summed E-state index contributed by atoms with van der Waals surface area (Å²) < 4.78 is 57.8. The molecule has 49 heavy (non-hydrogen) atoms. The number of fused-ring (bicyclic) bond motifs is 7. The minimum absolute atomic E-state index is 0.0235. The second-order valence-electron chi connectivity index (χ2n) is 12.4. The lowest BCUT2D eigenvalue weighted by molar-refractivity contribution is 0.670. The third-order valence-corrected chi connectivity index (χ3v) is 9.63. The van der Waals surface area contributed by atoms with Crippen molar-refractivity contribution >= 4 is 54.3 Å². The van der Waals surface area contributed by atoms with Crippen LogP contribution in [0.3, 0.4) is 0 Å². The van der Waals surface area contributed by atoms with E-state index in [4.69, 9.17) is 12.6 Å². The molecule has 10 rings (SSSR count). The SMILES string of the molecule is [2H]c1c([2H])c([2H])c2c(c1[2H])c([2H])c([2H])c1oc3c(-c4ccc(-c5c6ccccc6c(-c6cccc(-c7ccccc7)c6)c6ccccc56)cc4)cccc3c12. The van der Waals surface area contributed by atoms with E-state index in [9.17, 15) is 0 Å². The van der Waals surface area contributed by atoms with Crippen molar-refractivity contribution < 1.29 is 12.6 Å². The van der Waals surface area contributed by atoms with Crippen LogP contribution in [0.2, 0.25) is 0 Å². The average Bonchev–Trinajstić information content (AvgIpc) is 3.63. The van der Waals surface area contributed by atoms with Crippen molar-refractivity contribution in [2.75, 3.05) is 0 Å². The summed E-state index contributed by atoms with van der Waals surface area (Å²) in [5.74, 6) is 0. The molecule has 1 aromatic heterocycles. The Balaban J connectivity index is 1.15. The van der Waals surface area contributed by atoms with E-state index in [1.54, 1.807) is 0 Å². The van der Waals surface area contributed by atoms with Crippen LogP contribution in [0.15, 0.2) is 186 Å². The number of hydrogen-bond acceptors (Lipinski definition) is 1. The Labute approximate surface area is 292 Å². The molecule has 0 aliphatic carbocycles. The zero-order valence-electron chi connectivity index (χ0n) is 32.3. The lowest BCUT2D eigenvalue weighted by Gasteiger charge is -2.18. The molecule has 0 unspecified atom stereocenters. The molecule has 0 atom stereocenters. The second kappa shape index (κ2) is 11.1. The molecule has 0 aliphatic heterocycles. The predicted molar refractivity (Wildman–Crippen MR) is 208 cm³/mol. The van der Waals surface area contributed by atoms with E-state index in [0.29, 0.717) is 16.4 Å². The van der Waals surface area contributed by atoms with Gasteiger partial charge in [0.05, 0.1) is 8.22 Å². The maximum absolute atomic E-state index is 8.81. The Morgan fingerprint density at radius 3 is 1.69 bits per heavy atom. The van der Waals surface area contributed by atoms with Crippen molar-refractivity contribution in [3.8, 4) is 44.5 Å². The zero-order valence-corrected chi connectivity index (χ0v) is 26.3. The van der Waals surface area contributed by atoms with Crippen molar-refractivity contribution in [2.45, 2.75) is 0 Å². The first kappa shape index (κ1) is 22.2. The van der Waals surface area contributed by atoms with Gasteiger partial charge >= 0.3 is 0 Å². The van der Waals surface area contributed by atoms with Gasteiger partial charge in [0.25, 0.3) is 0 Å². The number of rotatable bonds is 4. The van der Waals surface area contributed by atoms with Gasteiger partial charge in [0.2, 0.25) is 0 Å². The van der Waals surface area contributed by atoms with Crippen LogP contribution in [0, 0.1) is 0 Å². The molecule has 0 amide bonds. The summed E-state index contributed by atoms with van der Waals surface area (Å²) in [5.41, 5.74) is 9.21. The maximum atomic E-state index is 8.81. The molecule has 0 N–H and O–H groups in total. The largest absolute Gasteiger partial charge is 0.455 e.